The molecule has 0 aliphatic heterocycles. The van der Waals surface area contributed by atoms with Gasteiger partial charge >= 0.3 is 5.97 Å². The number of ether oxygens (including phenoxy) is 1. The second-order valence-electron chi connectivity index (χ2n) is 4.25. The Kier molecular flexibility index (Phi) is 4.26. The lowest BCUT2D eigenvalue weighted by atomic mass is 10.1. The first-order valence-corrected chi connectivity index (χ1v) is 5.43. The summed E-state index contributed by atoms with van der Waals surface area (Å²) in [5.74, 6) is -0.994. The van der Waals surface area contributed by atoms with Gasteiger partial charge in [-0.25, -0.2) is 4.79 Å². The summed E-state index contributed by atoms with van der Waals surface area (Å²) in [4.78, 5) is 22.8. The molecule has 0 radical (unpaired) electrons. The van der Waals surface area contributed by atoms with Crippen molar-refractivity contribution in [3.63, 3.8) is 0 Å². The van der Waals surface area contributed by atoms with Crippen molar-refractivity contribution in [3.05, 3.63) is 29.3 Å². The number of benzene rings is 1. The van der Waals surface area contributed by atoms with E-state index in [4.69, 9.17) is 4.74 Å². The maximum absolute atomic E-state index is 11.7. The zero-order chi connectivity index (χ0) is 13.0. The van der Waals surface area contributed by atoms with Crippen molar-refractivity contribution in [2.45, 2.75) is 20.8 Å². The van der Waals surface area contributed by atoms with Crippen LogP contribution in [0.2, 0.25) is 0 Å². The summed E-state index contributed by atoms with van der Waals surface area (Å²) in [6.07, 6.45) is 0. The van der Waals surface area contributed by atoms with Crippen molar-refractivity contribution < 1.29 is 19.4 Å². The summed E-state index contributed by atoms with van der Waals surface area (Å²) in [5.41, 5.74) is 0.155. The number of carbonyl (C=O) groups is 2. The molecule has 0 aliphatic carbocycles. The van der Waals surface area contributed by atoms with Gasteiger partial charge in [-0.15, -0.1) is 0 Å². The number of phenols is 1. The van der Waals surface area contributed by atoms with Gasteiger partial charge in [-0.2, -0.15) is 0 Å². The maximum Gasteiger partial charge on any atom is 0.341 e. The summed E-state index contributed by atoms with van der Waals surface area (Å²) in [6.45, 7) is 5.44. The van der Waals surface area contributed by atoms with Crippen molar-refractivity contribution in [2.75, 3.05) is 6.61 Å². The standard InChI is InChI=1S/C13H16O4/c1-8(2)7-17-13(16)11-6-4-5-10(9(3)14)12(11)15/h4-6,8,15H,7H2,1-3H3. The Morgan fingerprint density at radius 3 is 2.41 bits per heavy atom. The van der Waals surface area contributed by atoms with Crippen LogP contribution in [0.15, 0.2) is 18.2 Å². The van der Waals surface area contributed by atoms with Crippen molar-refractivity contribution in [1.29, 1.82) is 0 Å². The average molecular weight is 236 g/mol. The predicted octanol–water partition coefficient (Wildman–Crippen LogP) is 2.41. The van der Waals surface area contributed by atoms with E-state index in [0.717, 1.165) is 0 Å². The molecule has 0 bridgehead atoms. The smallest absolute Gasteiger partial charge is 0.341 e. The SMILES string of the molecule is CC(=O)c1cccc(C(=O)OCC(C)C)c1O. The van der Waals surface area contributed by atoms with Crippen molar-refractivity contribution in [2.24, 2.45) is 5.92 Å². The Balaban J connectivity index is 2.95. The Hall–Kier alpha value is -1.84. The molecule has 0 saturated carbocycles. The fourth-order valence-corrected chi connectivity index (χ4v) is 1.31. The van der Waals surface area contributed by atoms with E-state index in [1.807, 2.05) is 13.8 Å². The molecule has 4 heteroatoms. The fourth-order valence-electron chi connectivity index (χ4n) is 1.31. The van der Waals surface area contributed by atoms with E-state index >= 15 is 0 Å². The molecule has 0 heterocycles. The summed E-state index contributed by atoms with van der Waals surface area (Å²) >= 11 is 0. The van der Waals surface area contributed by atoms with Gasteiger partial charge in [-0.1, -0.05) is 19.9 Å². The van der Waals surface area contributed by atoms with Crippen LogP contribution in [0, 0.1) is 5.92 Å². The lowest BCUT2D eigenvalue weighted by Gasteiger charge is -2.09. The van der Waals surface area contributed by atoms with Crippen molar-refractivity contribution >= 4 is 11.8 Å². The number of hydrogen-bond acceptors (Lipinski definition) is 4. The highest BCUT2D eigenvalue weighted by Crippen LogP contribution is 2.23. The number of phenolic OH excluding ortho intramolecular Hbond substituents is 1. The highest BCUT2D eigenvalue weighted by atomic mass is 16.5. The minimum atomic E-state index is -0.612. The number of ketones is 1. The molecular weight excluding hydrogens is 220 g/mol. The number of Topliss-reactive ketones (excluding diaryl/α,β-unsaturated/α-hetero) is 1. The lowest BCUT2D eigenvalue weighted by molar-refractivity contribution is 0.0455. The van der Waals surface area contributed by atoms with Gasteiger partial charge < -0.3 is 9.84 Å². The first-order valence-electron chi connectivity index (χ1n) is 5.43. The summed E-state index contributed by atoms with van der Waals surface area (Å²) in [5, 5.41) is 9.77. The fraction of sp³-hybridized carbons (Fsp3) is 0.385. The van der Waals surface area contributed by atoms with Crippen LogP contribution in [0.4, 0.5) is 0 Å². The van der Waals surface area contributed by atoms with Crippen LogP contribution in [0.25, 0.3) is 0 Å². The predicted molar refractivity (Wildman–Crippen MR) is 63.2 cm³/mol. The van der Waals surface area contributed by atoms with E-state index in [1.165, 1.54) is 19.1 Å². The first kappa shape index (κ1) is 13.2. The Morgan fingerprint density at radius 1 is 1.29 bits per heavy atom. The van der Waals surface area contributed by atoms with E-state index in [0.29, 0.717) is 0 Å². The summed E-state index contributed by atoms with van der Waals surface area (Å²) < 4.78 is 4.99. The van der Waals surface area contributed by atoms with Crippen LogP contribution in [-0.2, 0) is 4.74 Å². The van der Waals surface area contributed by atoms with Gasteiger partial charge in [0.25, 0.3) is 0 Å². The normalized spacial score (nSPS) is 10.4. The number of esters is 1. The number of aromatic hydroxyl groups is 1. The second-order valence-corrected chi connectivity index (χ2v) is 4.25. The second kappa shape index (κ2) is 5.48. The zero-order valence-electron chi connectivity index (χ0n) is 10.2. The molecular formula is C13H16O4. The quantitative estimate of drug-likeness (QED) is 0.644. The topological polar surface area (TPSA) is 63.6 Å². The molecule has 1 N–H and O–H groups in total. The van der Waals surface area contributed by atoms with E-state index in [2.05, 4.69) is 0 Å². The number of hydrogen-bond donors (Lipinski definition) is 1. The van der Waals surface area contributed by atoms with Crippen LogP contribution < -0.4 is 0 Å². The van der Waals surface area contributed by atoms with Crippen LogP contribution in [0.5, 0.6) is 5.75 Å². The van der Waals surface area contributed by atoms with E-state index in [-0.39, 0.29) is 35.2 Å². The Morgan fingerprint density at radius 2 is 1.88 bits per heavy atom. The van der Waals surface area contributed by atoms with Crippen LogP contribution in [-0.4, -0.2) is 23.5 Å². The van der Waals surface area contributed by atoms with Crippen molar-refractivity contribution in [3.8, 4) is 5.75 Å². The van der Waals surface area contributed by atoms with E-state index < -0.39 is 5.97 Å². The van der Waals surface area contributed by atoms with Crippen LogP contribution in [0.1, 0.15) is 41.5 Å². The number of rotatable bonds is 4. The van der Waals surface area contributed by atoms with Gasteiger partial charge in [0.1, 0.15) is 11.3 Å². The minimum absolute atomic E-state index is 0.0263. The van der Waals surface area contributed by atoms with Crippen LogP contribution >= 0.6 is 0 Å². The van der Waals surface area contributed by atoms with Gasteiger partial charge in [0.15, 0.2) is 5.78 Å². The highest BCUT2D eigenvalue weighted by Gasteiger charge is 2.17. The highest BCUT2D eigenvalue weighted by molar-refractivity contribution is 6.02. The molecule has 0 aromatic heterocycles. The number of para-hydroxylation sites is 1. The molecule has 0 spiro atoms. The molecule has 17 heavy (non-hydrogen) atoms. The van der Waals surface area contributed by atoms with Gasteiger partial charge in [-0.05, 0) is 25.0 Å². The lowest BCUT2D eigenvalue weighted by Crippen LogP contribution is -2.11. The molecule has 1 rings (SSSR count). The molecule has 0 fully saturated rings. The summed E-state index contributed by atoms with van der Waals surface area (Å²) in [6, 6.07) is 4.45. The van der Waals surface area contributed by atoms with E-state index in [9.17, 15) is 14.7 Å². The van der Waals surface area contributed by atoms with Gasteiger partial charge in [0.2, 0.25) is 0 Å². The molecule has 0 atom stereocenters. The molecule has 1 aromatic rings. The minimum Gasteiger partial charge on any atom is -0.506 e. The van der Waals surface area contributed by atoms with E-state index in [1.54, 1.807) is 6.07 Å². The third-order valence-electron chi connectivity index (χ3n) is 2.18. The molecule has 0 saturated heterocycles. The zero-order valence-corrected chi connectivity index (χ0v) is 10.2. The first-order chi connectivity index (χ1) is 7.93. The molecule has 0 unspecified atom stereocenters. The molecule has 4 nitrogen and oxygen atoms in total. The van der Waals surface area contributed by atoms with Crippen molar-refractivity contribution in [1.82, 2.24) is 0 Å². The Labute approximate surface area is 100 Å². The van der Waals surface area contributed by atoms with Gasteiger partial charge in [0, 0.05) is 0 Å². The molecule has 1 aromatic carbocycles. The van der Waals surface area contributed by atoms with Gasteiger partial charge in [0.05, 0.1) is 12.2 Å². The monoisotopic (exact) mass is 236 g/mol. The average Bonchev–Trinajstić information content (AvgIpc) is 2.25. The third-order valence-corrected chi connectivity index (χ3v) is 2.18. The maximum atomic E-state index is 11.7. The summed E-state index contributed by atoms with van der Waals surface area (Å²) in [7, 11) is 0. The molecule has 0 amide bonds. The largest absolute Gasteiger partial charge is 0.506 e. The third kappa shape index (κ3) is 3.31. The Bertz CT molecular complexity index is 435. The number of carbonyl (C=O) groups excluding carboxylic acids is 2. The van der Waals surface area contributed by atoms with Crippen LogP contribution in [0.3, 0.4) is 0 Å². The van der Waals surface area contributed by atoms with Gasteiger partial charge in [-0.3, -0.25) is 4.79 Å². The molecule has 92 valence electrons. The molecule has 0 aliphatic rings.